The maximum Gasteiger partial charge on any atom is 0.257 e. The molecule has 3 rings (SSSR count). The second-order valence-electron chi connectivity index (χ2n) is 4.57. The molecule has 2 aromatic carbocycles. The quantitative estimate of drug-likeness (QED) is 0.708. The maximum atomic E-state index is 12.2. The summed E-state index contributed by atoms with van der Waals surface area (Å²) >= 11 is 1.45. The van der Waals surface area contributed by atoms with Gasteiger partial charge >= 0.3 is 0 Å². The number of aryl methyl sites for hydroxylation is 1. The zero-order chi connectivity index (χ0) is 14.1. The Kier molecular flexibility index (Phi) is 3.12. The third kappa shape index (κ3) is 2.48. The number of hydrogen-bond acceptors (Lipinski definition) is 4. The van der Waals surface area contributed by atoms with Crippen LogP contribution in [0.3, 0.4) is 0 Å². The maximum absolute atomic E-state index is 12.2. The zero-order valence-electron chi connectivity index (χ0n) is 10.9. The molecule has 100 valence electrons. The number of amides is 1. The smallest absolute Gasteiger partial charge is 0.257 e. The second-order valence-corrected chi connectivity index (χ2v) is 5.60. The van der Waals surface area contributed by atoms with Crippen LogP contribution in [-0.4, -0.2) is 10.9 Å². The Bertz CT molecular complexity index is 741. The zero-order valence-corrected chi connectivity index (χ0v) is 11.7. The monoisotopic (exact) mass is 283 g/mol. The number of nitrogens with two attached hydrogens (primary N) is 1. The van der Waals surface area contributed by atoms with Gasteiger partial charge in [0.25, 0.3) is 5.91 Å². The first-order valence-corrected chi connectivity index (χ1v) is 6.97. The van der Waals surface area contributed by atoms with Crippen molar-refractivity contribution in [3.8, 4) is 0 Å². The van der Waals surface area contributed by atoms with Gasteiger partial charge in [-0.25, -0.2) is 4.98 Å². The third-order valence-electron chi connectivity index (χ3n) is 2.88. The number of thiazole rings is 1. The van der Waals surface area contributed by atoms with Gasteiger partial charge in [0.15, 0.2) is 5.13 Å². The van der Waals surface area contributed by atoms with E-state index in [4.69, 9.17) is 5.73 Å². The lowest BCUT2D eigenvalue weighted by molar-refractivity contribution is 0.102. The Hall–Kier alpha value is -2.40. The van der Waals surface area contributed by atoms with Crippen LogP contribution in [0.4, 0.5) is 10.8 Å². The van der Waals surface area contributed by atoms with Gasteiger partial charge in [-0.15, -0.1) is 0 Å². The summed E-state index contributed by atoms with van der Waals surface area (Å²) in [6, 6.07) is 13.1. The number of nitrogen functional groups attached to an aromatic ring is 1. The minimum atomic E-state index is -0.195. The van der Waals surface area contributed by atoms with Gasteiger partial charge in [-0.3, -0.25) is 10.1 Å². The highest BCUT2D eigenvalue weighted by Gasteiger charge is 2.10. The summed E-state index contributed by atoms with van der Waals surface area (Å²) in [6.07, 6.45) is 0. The van der Waals surface area contributed by atoms with Gasteiger partial charge < -0.3 is 5.73 Å². The van der Waals surface area contributed by atoms with E-state index in [9.17, 15) is 4.79 Å². The fraction of sp³-hybridized carbons (Fsp3) is 0.0667. The predicted octanol–water partition coefficient (Wildman–Crippen LogP) is 3.44. The molecule has 5 heteroatoms. The van der Waals surface area contributed by atoms with E-state index in [-0.39, 0.29) is 5.91 Å². The molecule has 0 unspecified atom stereocenters. The average Bonchev–Trinajstić information content (AvgIpc) is 2.79. The number of nitrogens with one attached hydrogen (secondary N) is 1. The minimum Gasteiger partial charge on any atom is -0.399 e. The number of aromatic nitrogens is 1. The van der Waals surface area contributed by atoms with E-state index in [1.54, 1.807) is 12.1 Å². The molecule has 4 nitrogen and oxygen atoms in total. The molecule has 20 heavy (non-hydrogen) atoms. The fourth-order valence-corrected chi connectivity index (χ4v) is 2.90. The third-order valence-corrected chi connectivity index (χ3v) is 3.83. The van der Waals surface area contributed by atoms with Crippen LogP contribution >= 0.6 is 11.3 Å². The van der Waals surface area contributed by atoms with E-state index >= 15 is 0 Å². The summed E-state index contributed by atoms with van der Waals surface area (Å²) in [5, 5.41) is 3.41. The Morgan fingerprint density at radius 1 is 1.25 bits per heavy atom. The van der Waals surface area contributed by atoms with E-state index in [0.29, 0.717) is 16.4 Å². The molecule has 3 N–H and O–H groups in total. The predicted molar refractivity (Wildman–Crippen MR) is 83.2 cm³/mol. The van der Waals surface area contributed by atoms with Crippen molar-refractivity contribution in [2.75, 3.05) is 11.1 Å². The second kappa shape index (κ2) is 4.94. The van der Waals surface area contributed by atoms with Crippen LogP contribution < -0.4 is 11.1 Å². The van der Waals surface area contributed by atoms with E-state index in [0.717, 1.165) is 15.8 Å². The van der Waals surface area contributed by atoms with Crippen molar-refractivity contribution in [3.05, 3.63) is 53.6 Å². The minimum absolute atomic E-state index is 0.195. The van der Waals surface area contributed by atoms with Crippen molar-refractivity contribution in [1.82, 2.24) is 4.98 Å². The molecule has 0 aliphatic carbocycles. The first kappa shape index (κ1) is 12.6. The number of para-hydroxylation sites is 1. The van der Waals surface area contributed by atoms with Crippen LogP contribution in [0.5, 0.6) is 0 Å². The van der Waals surface area contributed by atoms with Crippen molar-refractivity contribution in [1.29, 1.82) is 0 Å². The number of anilines is 2. The van der Waals surface area contributed by atoms with Gasteiger partial charge in [-0.05, 0) is 42.8 Å². The average molecular weight is 283 g/mol. The molecule has 0 aliphatic rings. The molecule has 0 bridgehead atoms. The van der Waals surface area contributed by atoms with E-state index < -0.39 is 0 Å². The Morgan fingerprint density at radius 3 is 2.80 bits per heavy atom. The van der Waals surface area contributed by atoms with E-state index in [2.05, 4.69) is 10.3 Å². The van der Waals surface area contributed by atoms with Gasteiger partial charge in [0.05, 0.1) is 10.2 Å². The van der Waals surface area contributed by atoms with Crippen molar-refractivity contribution >= 4 is 38.3 Å². The molecule has 3 aromatic rings. The molecular weight excluding hydrogens is 270 g/mol. The van der Waals surface area contributed by atoms with Crippen LogP contribution in [-0.2, 0) is 0 Å². The Morgan fingerprint density at radius 2 is 2.05 bits per heavy atom. The molecule has 0 radical (unpaired) electrons. The van der Waals surface area contributed by atoms with Crippen LogP contribution in [0.25, 0.3) is 10.2 Å². The first-order chi connectivity index (χ1) is 9.61. The van der Waals surface area contributed by atoms with Gasteiger partial charge in [0.1, 0.15) is 0 Å². The van der Waals surface area contributed by atoms with Crippen LogP contribution in [0.1, 0.15) is 15.9 Å². The standard InChI is InChI=1S/C15H13N3OS/c1-9-6-10(8-11(16)7-9)14(19)18-15-17-12-4-2-3-5-13(12)20-15/h2-8H,16H2,1H3,(H,17,18,19). The number of carbonyl (C=O) groups is 1. The molecule has 0 spiro atoms. The number of hydrogen-bond donors (Lipinski definition) is 2. The van der Waals surface area contributed by atoms with Gasteiger partial charge in [0.2, 0.25) is 0 Å². The molecule has 1 heterocycles. The van der Waals surface area contributed by atoms with E-state index in [1.807, 2.05) is 37.3 Å². The summed E-state index contributed by atoms with van der Waals surface area (Å²) in [5.41, 5.74) is 8.73. The number of rotatable bonds is 2. The van der Waals surface area contributed by atoms with Crippen molar-refractivity contribution in [3.63, 3.8) is 0 Å². The Labute approximate surface area is 120 Å². The number of carbonyl (C=O) groups excluding carboxylic acids is 1. The molecule has 0 atom stereocenters. The molecule has 0 fully saturated rings. The lowest BCUT2D eigenvalue weighted by atomic mass is 10.1. The SMILES string of the molecule is Cc1cc(N)cc(C(=O)Nc2nc3ccccc3s2)c1. The van der Waals surface area contributed by atoms with Gasteiger partial charge in [-0.1, -0.05) is 23.5 Å². The molecule has 1 amide bonds. The number of nitrogens with zero attached hydrogens (tertiary/aromatic N) is 1. The Balaban J connectivity index is 1.88. The van der Waals surface area contributed by atoms with Gasteiger partial charge in [0, 0.05) is 11.3 Å². The van der Waals surface area contributed by atoms with Crippen LogP contribution in [0.2, 0.25) is 0 Å². The topological polar surface area (TPSA) is 68.0 Å². The lowest BCUT2D eigenvalue weighted by Gasteiger charge is -2.04. The summed E-state index contributed by atoms with van der Waals surface area (Å²) in [6.45, 7) is 1.91. The highest BCUT2D eigenvalue weighted by molar-refractivity contribution is 7.22. The summed E-state index contributed by atoms with van der Waals surface area (Å²) in [7, 11) is 0. The highest BCUT2D eigenvalue weighted by atomic mass is 32.1. The number of fused-ring (bicyclic) bond motifs is 1. The lowest BCUT2D eigenvalue weighted by Crippen LogP contribution is -2.12. The highest BCUT2D eigenvalue weighted by Crippen LogP contribution is 2.26. The normalized spacial score (nSPS) is 10.7. The fourth-order valence-electron chi connectivity index (χ4n) is 2.04. The van der Waals surface area contributed by atoms with Crippen molar-refractivity contribution in [2.24, 2.45) is 0 Å². The molecular formula is C15H13N3OS. The summed E-state index contributed by atoms with van der Waals surface area (Å²) in [4.78, 5) is 16.6. The van der Waals surface area contributed by atoms with Crippen molar-refractivity contribution in [2.45, 2.75) is 6.92 Å². The molecule has 0 saturated carbocycles. The van der Waals surface area contributed by atoms with Gasteiger partial charge in [-0.2, -0.15) is 0 Å². The van der Waals surface area contributed by atoms with E-state index in [1.165, 1.54) is 11.3 Å². The number of benzene rings is 2. The van der Waals surface area contributed by atoms with Crippen LogP contribution in [0.15, 0.2) is 42.5 Å². The summed E-state index contributed by atoms with van der Waals surface area (Å²) < 4.78 is 1.05. The van der Waals surface area contributed by atoms with Crippen molar-refractivity contribution < 1.29 is 4.79 Å². The largest absolute Gasteiger partial charge is 0.399 e. The first-order valence-electron chi connectivity index (χ1n) is 6.16. The molecule has 0 saturated heterocycles. The van der Waals surface area contributed by atoms with Crippen LogP contribution in [0, 0.1) is 6.92 Å². The molecule has 0 aliphatic heterocycles. The molecule has 1 aromatic heterocycles. The summed E-state index contributed by atoms with van der Waals surface area (Å²) in [5.74, 6) is -0.195.